The molecule has 0 saturated carbocycles. The fourth-order valence-corrected chi connectivity index (χ4v) is 4.92. The van der Waals surface area contributed by atoms with Gasteiger partial charge in [0.05, 0.1) is 15.5 Å². The number of halogens is 3. The number of nitrogens with zero attached hydrogens (tertiary/aromatic N) is 1. The first-order valence-electron chi connectivity index (χ1n) is 9.55. The summed E-state index contributed by atoms with van der Waals surface area (Å²) in [4.78, 5) is 14.9. The van der Waals surface area contributed by atoms with Gasteiger partial charge >= 0.3 is 11.5 Å². The van der Waals surface area contributed by atoms with Crippen molar-refractivity contribution in [3.8, 4) is 0 Å². The number of anilines is 1. The molecule has 1 heterocycles. The van der Waals surface area contributed by atoms with Gasteiger partial charge < -0.3 is 10.6 Å². The highest BCUT2D eigenvalue weighted by molar-refractivity contribution is 7.92. The summed E-state index contributed by atoms with van der Waals surface area (Å²) < 4.78 is 86.0. The molecule has 0 aliphatic heterocycles. The standard InChI is InChI=1S/C21H18F3N3O5S2/c22-21(23,24)34(31,32)19-7-3-15(4-8-19)14-33(29,30)18-9-5-17(6-10-18)27-20(28)26-13-16-2-1-11-25-12-16/h1-12H,13-14H2,(H2,26,27,28). The lowest BCUT2D eigenvalue weighted by molar-refractivity contribution is -0.0436. The van der Waals surface area contributed by atoms with Crippen LogP contribution in [0.3, 0.4) is 0 Å². The molecule has 0 radical (unpaired) electrons. The monoisotopic (exact) mass is 513 g/mol. The van der Waals surface area contributed by atoms with Crippen LogP contribution < -0.4 is 10.6 Å². The smallest absolute Gasteiger partial charge is 0.334 e. The Morgan fingerprint density at radius 2 is 1.47 bits per heavy atom. The first-order valence-corrected chi connectivity index (χ1v) is 12.7. The molecule has 2 aromatic carbocycles. The highest BCUT2D eigenvalue weighted by Crippen LogP contribution is 2.30. The van der Waals surface area contributed by atoms with Gasteiger partial charge in [0.2, 0.25) is 0 Å². The van der Waals surface area contributed by atoms with Gasteiger partial charge in [0, 0.05) is 24.6 Å². The Hall–Kier alpha value is -3.45. The molecule has 1 aromatic heterocycles. The molecule has 2 amide bonds. The second kappa shape index (κ2) is 9.81. The van der Waals surface area contributed by atoms with Crippen LogP contribution >= 0.6 is 0 Å². The summed E-state index contributed by atoms with van der Waals surface area (Å²) >= 11 is 0. The number of amides is 2. The maximum Gasteiger partial charge on any atom is 0.501 e. The Labute approximate surface area is 193 Å². The molecule has 8 nitrogen and oxygen atoms in total. The molecule has 3 rings (SSSR count). The van der Waals surface area contributed by atoms with Gasteiger partial charge in [-0.15, -0.1) is 0 Å². The number of carbonyl (C=O) groups excluding carboxylic acids is 1. The first-order chi connectivity index (χ1) is 15.9. The minimum atomic E-state index is -5.52. The van der Waals surface area contributed by atoms with E-state index in [-0.39, 0.29) is 17.0 Å². The van der Waals surface area contributed by atoms with Crippen molar-refractivity contribution in [2.75, 3.05) is 5.32 Å². The number of aromatic nitrogens is 1. The average molecular weight is 514 g/mol. The fraction of sp³-hybridized carbons (Fsp3) is 0.143. The van der Waals surface area contributed by atoms with E-state index < -0.39 is 41.9 Å². The van der Waals surface area contributed by atoms with Crippen molar-refractivity contribution < 1.29 is 34.8 Å². The van der Waals surface area contributed by atoms with Crippen molar-refractivity contribution in [2.24, 2.45) is 0 Å². The highest BCUT2D eigenvalue weighted by Gasteiger charge is 2.46. The maximum absolute atomic E-state index is 12.6. The molecule has 2 N–H and O–H groups in total. The van der Waals surface area contributed by atoms with E-state index in [1.54, 1.807) is 24.5 Å². The molecule has 34 heavy (non-hydrogen) atoms. The third kappa shape index (κ3) is 6.11. The normalized spacial score (nSPS) is 12.2. The number of alkyl halides is 3. The predicted octanol–water partition coefficient (Wildman–Crippen LogP) is 3.67. The summed E-state index contributed by atoms with van der Waals surface area (Å²) in [7, 11) is -9.40. The van der Waals surface area contributed by atoms with Crippen molar-refractivity contribution in [1.82, 2.24) is 10.3 Å². The van der Waals surface area contributed by atoms with Crippen LogP contribution in [0, 0.1) is 0 Å². The van der Waals surface area contributed by atoms with Crippen LogP contribution in [-0.2, 0) is 32.0 Å². The van der Waals surface area contributed by atoms with E-state index in [1.165, 1.54) is 24.3 Å². The molecular formula is C21H18F3N3O5S2. The molecule has 0 fully saturated rings. The molecule has 0 aliphatic carbocycles. The van der Waals surface area contributed by atoms with Crippen molar-refractivity contribution in [2.45, 2.75) is 27.6 Å². The van der Waals surface area contributed by atoms with Crippen LogP contribution in [-0.4, -0.2) is 33.4 Å². The summed E-state index contributed by atoms with van der Waals surface area (Å²) in [5.41, 5.74) is -4.21. The van der Waals surface area contributed by atoms with Gasteiger partial charge in [-0.3, -0.25) is 4.98 Å². The molecular weight excluding hydrogens is 495 g/mol. The number of pyridine rings is 1. The highest BCUT2D eigenvalue weighted by atomic mass is 32.2. The number of sulfone groups is 2. The molecule has 0 unspecified atom stereocenters. The van der Waals surface area contributed by atoms with Gasteiger partial charge in [0.25, 0.3) is 9.84 Å². The second-order valence-electron chi connectivity index (χ2n) is 7.05. The zero-order chi connectivity index (χ0) is 25.0. The zero-order valence-electron chi connectivity index (χ0n) is 17.3. The van der Waals surface area contributed by atoms with Crippen molar-refractivity contribution >= 4 is 31.4 Å². The third-order valence-corrected chi connectivity index (χ3v) is 7.75. The molecule has 3 aromatic rings. The summed E-state index contributed by atoms with van der Waals surface area (Å²) in [6.45, 7) is 0.245. The Bertz CT molecular complexity index is 1360. The number of nitrogens with one attached hydrogen (secondary N) is 2. The second-order valence-corrected chi connectivity index (χ2v) is 11.0. The van der Waals surface area contributed by atoms with E-state index in [2.05, 4.69) is 15.6 Å². The van der Waals surface area contributed by atoms with Gasteiger partial charge in [-0.05, 0) is 53.6 Å². The quantitative estimate of drug-likeness (QED) is 0.497. The zero-order valence-corrected chi connectivity index (χ0v) is 18.9. The van der Waals surface area contributed by atoms with Crippen molar-refractivity contribution in [3.05, 3.63) is 84.2 Å². The van der Waals surface area contributed by atoms with E-state index in [0.29, 0.717) is 17.8 Å². The molecule has 180 valence electrons. The summed E-state index contributed by atoms with van der Waals surface area (Å²) in [6, 6.07) is 11.8. The van der Waals surface area contributed by atoms with Crippen molar-refractivity contribution in [1.29, 1.82) is 0 Å². The molecule has 0 bridgehead atoms. The number of rotatable bonds is 7. The molecule has 0 aliphatic rings. The van der Waals surface area contributed by atoms with Crippen LogP contribution in [0.15, 0.2) is 82.8 Å². The maximum atomic E-state index is 12.6. The third-order valence-electron chi connectivity index (χ3n) is 4.54. The lowest BCUT2D eigenvalue weighted by Gasteiger charge is -2.10. The minimum Gasteiger partial charge on any atom is -0.334 e. The number of urea groups is 1. The van der Waals surface area contributed by atoms with Crippen LogP contribution in [0.2, 0.25) is 0 Å². The fourth-order valence-electron chi connectivity index (χ4n) is 2.81. The molecule has 0 spiro atoms. The summed E-state index contributed by atoms with van der Waals surface area (Å²) in [5, 5.41) is 5.19. The summed E-state index contributed by atoms with van der Waals surface area (Å²) in [6.07, 6.45) is 3.20. The van der Waals surface area contributed by atoms with Crippen LogP contribution in [0.4, 0.5) is 23.7 Å². The van der Waals surface area contributed by atoms with Gasteiger partial charge in [0.1, 0.15) is 0 Å². The Morgan fingerprint density at radius 1 is 0.853 bits per heavy atom. The number of carbonyl (C=O) groups is 1. The Balaban J connectivity index is 1.63. The van der Waals surface area contributed by atoms with E-state index in [1.807, 2.05) is 0 Å². The lowest BCUT2D eigenvalue weighted by Crippen LogP contribution is -2.28. The number of hydrogen-bond acceptors (Lipinski definition) is 6. The van der Waals surface area contributed by atoms with Gasteiger partial charge in [0.15, 0.2) is 9.84 Å². The van der Waals surface area contributed by atoms with Gasteiger partial charge in [-0.25, -0.2) is 21.6 Å². The van der Waals surface area contributed by atoms with Crippen LogP contribution in [0.1, 0.15) is 11.1 Å². The van der Waals surface area contributed by atoms with E-state index in [0.717, 1.165) is 17.7 Å². The Kier molecular flexibility index (Phi) is 7.26. The first kappa shape index (κ1) is 25.2. The van der Waals surface area contributed by atoms with Crippen molar-refractivity contribution in [3.63, 3.8) is 0 Å². The van der Waals surface area contributed by atoms with Crippen LogP contribution in [0.25, 0.3) is 0 Å². The van der Waals surface area contributed by atoms with E-state index >= 15 is 0 Å². The summed E-state index contributed by atoms with van der Waals surface area (Å²) in [5.74, 6) is -0.558. The minimum absolute atomic E-state index is 0.0826. The van der Waals surface area contributed by atoms with Crippen LogP contribution in [0.5, 0.6) is 0 Å². The molecule has 0 saturated heterocycles. The lowest BCUT2D eigenvalue weighted by atomic mass is 10.2. The van der Waals surface area contributed by atoms with Gasteiger partial charge in [-0.2, -0.15) is 13.2 Å². The Morgan fingerprint density at radius 3 is 2.03 bits per heavy atom. The number of hydrogen-bond donors (Lipinski definition) is 2. The van der Waals surface area contributed by atoms with E-state index in [4.69, 9.17) is 0 Å². The van der Waals surface area contributed by atoms with Gasteiger partial charge in [-0.1, -0.05) is 18.2 Å². The number of benzene rings is 2. The topological polar surface area (TPSA) is 122 Å². The van der Waals surface area contributed by atoms with E-state index in [9.17, 15) is 34.8 Å². The molecule has 13 heteroatoms. The molecule has 0 atom stereocenters. The largest absolute Gasteiger partial charge is 0.501 e. The SMILES string of the molecule is O=C(NCc1cccnc1)Nc1ccc(S(=O)(=O)Cc2ccc(S(=O)(=O)C(F)(F)F)cc2)cc1. The predicted molar refractivity (Wildman–Crippen MR) is 117 cm³/mol. The average Bonchev–Trinajstić information content (AvgIpc) is 2.78.